The number of rotatable bonds is 2. The second-order valence-corrected chi connectivity index (χ2v) is 2.76. The summed E-state index contributed by atoms with van der Waals surface area (Å²) in [7, 11) is 0. The van der Waals surface area contributed by atoms with E-state index in [1.54, 1.807) is 0 Å². The lowest BCUT2D eigenvalue weighted by Crippen LogP contribution is -2.17. The van der Waals surface area contributed by atoms with E-state index in [0.29, 0.717) is 0 Å². The smallest absolute Gasteiger partial charge is 0.231 e. The van der Waals surface area contributed by atoms with Crippen molar-refractivity contribution in [2.75, 3.05) is 6.75 Å². The molecule has 0 aliphatic carbocycles. The molecule has 0 radical (unpaired) electrons. The Kier molecular flexibility index (Phi) is 1.09. The third-order valence-corrected chi connectivity index (χ3v) is 1.59. The van der Waals surface area contributed by atoms with Crippen LogP contribution in [0.4, 0.5) is 0 Å². The summed E-state index contributed by atoms with van der Waals surface area (Å²) in [5, 5.41) is 0. The van der Waals surface area contributed by atoms with Gasteiger partial charge in [0, 0.05) is 10.1 Å². The first kappa shape index (κ1) is 4.33. The Bertz CT molecular complexity index is 484. The van der Waals surface area contributed by atoms with Gasteiger partial charge in [-0.1, -0.05) is 6.07 Å². The standard InChI is InChI=1S/C10H13NO2/c1-7(11)4-8-2-3-9-10(5-8)13-6-12-9/h2-3,5,7H,4,6,11H2,1H3/i4D2,6D2,7D. The van der Waals surface area contributed by atoms with E-state index < -0.39 is 19.1 Å². The summed E-state index contributed by atoms with van der Waals surface area (Å²) in [6.07, 6.45) is -2.10. The van der Waals surface area contributed by atoms with Gasteiger partial charge in [-0.25, -0.2) is 0 Å². The van der Waals surface area contributed by atoms with Crippen molar-refractivity contribution in [3.8, 4) is 11.5 Å². The van der Waals surface area contributed by atoms with Gasteiger partial charge in [0.05, 0.1) is 0 Å². The van der Waals surface area contributed by atoms with Crippen LogP contribution in [0.2, 0.25) is 0 Å². The zero-order valence-corrected chi connectivity index (χ0v) is 7.13. The van der Waals surface area contributed by atoms with Crippen LogP contribution >= 0.6 is 0 Å². The molecule has 1 heterocycles. The number of hydrogen-bond donors (Lipinski definition) is 1. The van der Waals surface area contributed by atoms with Gasteiger partial charge < -0.3 is 15.2 Å². The first-order valence-corrected chi connectivity index (χ1v) is 3.84. The maximum atomic E-state index is 7.84. The molecule has 0 saturated heterocycles. The first-order chi connectivity index (χ1) is 8.03. The molecule has 13 heavy (non-hydrogen) atoms. The van der Waals surface area contributed by atoms with Gasteiger partial charge in [0.15, 0.2) is 11.5 Å². The molecular formula is C10H13NO2. The van der Waals surface area contributed by atoms with Crippen molar-refractivity contribution in [1.82, 2.24) is 0 Å². The molecule has 3 nitrogen and oxygen atoms in total. The summed E-state index contributed by atoms with van der Waals surface area (Å²) < 4.78 is 47.6. The Hall–Kier alpha value is -1.22. The van der Waals surface area contributed by atoms with Crippen molar-refractivity contribution in [3.05, 3.63) is 23.8 Å². The molecule has 0 spiro atoms. The molecule has 1 aliphatic rings. The molecular weight excluding hydrogens is 166 g/mol. The second kappa shape index (κ2) is 3.26. The molecule has 1 unspecified atom stereocenters. The summed E-state index contributed by atoms with van der Waals surface area (Å²) in [4.78, 5) is 0. The SMILES string of the molecule is [2H]C1([2H])Oc2ccc(C([2H])([2H])C([2H])(C)N)cc2O1. The Balaban J connectivity index is 2.41. The molecule has 2 N–H and O–H groups in total. The minimum Gasteiger partial charge on any atom is -0.454 e. The minimum absolute atomic E-state index is 0.102. The summed E-state index contributed by atoms with van der Waals surface area (Å²) in [6.45, 7) is -0.989. The topological polar surface area (TPSA) is 44.5 Å². The van der Waals surface area contributed by atoms with Gasteiger partial charge in [-0.05, 0) is 31.0 Å². The molecule has 2 rings (SSSR count). The van der Waals surface area contributed by atoms with E-state index in [1.807, 2.05) is 0 Å². The highest BCUT2D eigenvalue weighted by atomic mass is 16.7. The van der Waals surface area contributed by atoms with Crippen LogP contribution in [0.1, 0.15) is 19.3 Å². The van der Waals surface area contributed by atoms with E-state index in [-0.39, 0.29) is 17.1 Å². The van der Waals surface area contributed by atoms with E-state index in [9.17, 15) is 0 Å². The quantitative estimate of drug-likeness (QED) is 0.753. The highest BCUT2D eigenvalue weighted by molar-refractivity contribution is 5.44. The Labute approximate surface area is 84.5 Å². The van der Waals surface area contributed by atoms with Crippen LogP contribution in [0.25, 0.3) is 0 Å². The fraction of sp³-hybridized carbons (Fsp3) is 0.400. The van der Waals surface area contributed by atoms with Gasteiger partial charge >= 0.3 is 0 Å². The molecule has 1 aliphatic heterocycles. The first-order valence-electron chi connectivity index (χ1n) is 6.34. The molecule has 1 atom stereocenters. The van der Waals surface area contributed by atoms with E-state index >= 15 is 0 Å². The van der Waals surface area contributed by atoms with Crippen molar-refractivity contribution in [2.24, 2.45) is 5.73 Å². The molecule has 0 bridgehead atoms. The Morgan fingerprint density at radius 3 is 3.23 bits per heavy atom. The third kappa shape index (κ3) is 1.75. The summed E-state index contributed by atoms with van der Waals surface area (Å²) in [6, 6.07) is 2.29. The highest BCUT2D eigenvalue weighted by Crippen LogP contribution is 2.32. The van der Waals surface area contributed by atoms with Crippen LogP contribution in [0.15, 0.2) is 18.2 Å². The number of fused-ring (bicyclic) bond motifs is 1. The number of hydrogen-bond acceptors (Lipinski definition) is 3. The van der Waals surface area contributed by atoms with Crippen LogP contribution in [0.3, 0.4) is 0 Å². The van der Waals surface area contributed by atoms with Gasteiger partial charge in [-0.2, -0.15) is 0 Å². The zero-order valence-electron chi connectivity index (χ0n) is 12.1. The molecule has 1 aromatic carbocycles. The van der Waals surface area contributed by atoms with Crippen LogP contribution in [-0.2, 0) is 6.37 Å². The minimum atomic E-state index is -2.25. The van der Waals surface area contributed by atoms with Crippen LogP contribution in [0, 0.1) is 0 Å². The van der Waals surface area contributed by atoms with Gasteiger partial charge in [0.1, 0.15) is 2.74 Å². The fourth-order valence-corrected chi connectivity index (χ4v) is 1.09. The van der Waals surface area contributed by atoms with Crippen molar-refractivity contribution < 1.29 is 16.3 Å². The lowest BCUT2D eigenvalue weighted by molar-refractivity contribution is 0.174. The third-order valence-electron chi connectivity index (χ3n) is 1.59. The van der Waals surface area contributed by atoms with Gasteiger partial charge in [-0.3, -0.25) is 0 Å². The van der Waals surface area contributed by atoms with E-state index in [2.05, 4.69) is 0 Å². The van der Waals surface area contributed by atoms with Crippen LogP contribution in [0.5, 0.6) is 11.5 Å². The van der Waals surface area contributed by atoms with Gasteiger partial charge in [0.2, 0.25) is 6.75 Å². The van der Waals surface area contributed by atoms with Crippen molar-refractivity contribution in [1.29, 1.82) is 0 Å². The van der Waals surface area contributed by atoms with Gasteiger partial charge in [-0.15, -0.1) is 0 Å². The maximum absolute atomic E-state index is 7.84. The average Bonchev–Trinajstić information content (AvgIpc) is 2.48. The molecule has 0 aromatic heterocycles. The maximum Gasteiger partial charge on any atom is 0.231 e. The molecule has 70 valence electrons. The van der Waals surface area contributed by atoms with Crippen molar-refractivity contribution in [2.45, 2.75) is 19.3 Å². The van der Waals surface area contributed by atoms with E-state index in [4.69, 9.17) is 22.1 Å². The monoisotopic (exact) mass is 184 g/mol. The van der Waals surface area contributed by atoms with Crippen molar-refractivity contribution in [3.63, 3.8) is 0 Å². The lowest BCUT2D eigenvalue weighted by Gasteiger charge is -2.05. The second-order valence-electron chi connectivity index (χ2n) is 2.76. The summed E-state index contributed by atoms with van der Waals surface area (Å²) in [5.74, 6) is 0.300. The van der Waals surface area contributed by atoms with Crippen molar-refractivity contribution >= 4 is 0 Å². The normalized spacial score (nSPS) is 28.9. The molecule has 1 aromatic rings. The fourth-order valence-electron chi connectivity index (χ4n) is 1.09. The highest BCUT2D eigenvalue weighted by Gasteiger charge is 2.13. The molecule has 0 fully saturated rings. The Morgan fingerprint density at radius 1 is 1.69 bits per heavy atom. The largest absolute Gasteiger partial charge is 0.454 e. The molecule has 0 amide bonds. The van der Waals surface area contributed by atoms with E-state index in [1.165, 1.54) is 25.1 Å². The van der Waals surface area contributed by atoms with Gasteiger partial charge in [0.25, 0.3) is 0 Å². The number of benzene rings is 1. The number of nitrogens with two attached hydrogens (primary N) is 1. The molecule has 0 saturated carbocycles. The van der Waals surface area contributed by atoms with Crippen LogP contribution in [-0.4, -0.2) is 12.8 Å². The Morgan fingerprint density at radius 2 is 2.46 bits per heavy atom. The summed E-state index contributed by atoms with van der Waals surface area (Å²) >= 11 is 0. The predicted octanol–water partition coefficient (Wildman–Crippen LogP) is 1.31. The summed E-state index contributed by atoms with van der Waals surface area (Å²) in [5.41, 5.74) is 5.63. The average molecular weight is 184 g/mol. The van der Waals surface area contributed by atoms with E-state index in [0.717, 1.165) is 0 Å². The van der Waals surface area contributed by atoms with Crippen LogP contribution < -0.4 is 15.2 Å². The lowest BCUT2D eigenvalue weighted by atomic mass is 10.1. The zero-order chi connectivity index (χ0) is 13.8. The predicted molar refractivity (Wildman–Crippen MR) is 49.9 cm³/mol. The molecule has 3 heteroatoms. The number of ether oxygens (including phenoxy) is 2.